The molecule has 1 aliphatic rings. The Morgan fingerprint density at radius 3 is 2.67 bits per heavy atom. The van der Waals surface area contributed by atoms with Gasteiger partial charge in [-0.3, -0.25) is 4.79 Å². The number of carbonyl (C=O) groups is 2. The van der Waals surface area contributed by atoms with Crippen molar-refractivity contribution in [3.63, 3.8) is 0 Å². The summed E-state index contributed by atoms with van der Waals surface area (Å²) in [5.74, 6) is -0.189. The predicted molar refractivity (Wildman–Crippen MR) is 79.7 cm³/mol. The van der Waals surface area contributed by atoms with Crippen molar-refractivity contribution in [2.24, 2.45) is 0 Å². The van der Waals surface area contributed by atoms with Crippen LogP contribution in [-0.4, -0.2) is 42.3 Å². The van der Waals surface area contributed by atoms with E-state index >= 15 is 0 Å². The zero-order valence-corrected chi connectivity index (χ0v) is 12.5. The second-order valence-electron chi connectivity index (χ2n) is 5.56. The maximum Gasteiger partial charge on any atom is 0.223 e. The van der Waals surface area contributed by atoms with E-state index in [1.807, 2.05) is 13.0 Å². The van der Waals surface area contributed by atoms with E-state index in [4.69, 9.17) is 0 Å². The average molecular weight is 292 g/mol. The average Bonchev–Trinajstić information content (AvgIpc) is 2.44. The van der Waals surface area contributed by atoms with Crippen molar-refractivity contribution >= 4 is 17.4 Å². The van der Waals surface area contributed by atoms with Gasteiger partial charge in [-0.2, -0.15) is 0 Å². The van der Waals surface area contributed by atoms with Gasteiger partial charge in [0, 0.05) is 44.2 Å². The Morgan fingerprint density at radius 1 is 1.29 bits per heavy atom. The smallest absolute Gasteiger partial charge is 0.223 e. The van der Waals surface area contributed by atoms with E-state index in [2.05, 4.69) is 4.90 Å². The quantitative estimate of drug-likeness (QED) is 0.854. The van der Waals surface area contributed by atoms with E-state index in [0.29, 0.717) is 26.1 Å². The maximum absolute atomic E-state index is 13.3. The van der Waals surface area contributed by atoms with Gasteiger partial charge >= 0.3 is 0 Å². The molecule has 0 aliphatic carbocycles. The van der Waals surface area contributed by atoms with Crippen LogP contribution in [0.15, 0.2) is 24.3 Å². The molecule has 0 aromatic heterocycles. The summed E-state index contributed by atoms with van der Waals surface area (Å²) < 4.78 is 13.3. The lowest BCUT2D eigenvalue weighted by Crippen LogP contribution is -2.53. The van der Waals surface area contributed by atoms with Gasteiger partial charge in [-0.1, -0.05) is 6.07 Å². The highest BCUT2D eigenvalue weighted by atomic mass is 19.1. The summed E-state index contributed by atoms with van der Waals surface area (Å²) in [5.41, 5.74) is 0.846. The minimum absolute atomic E-state index is 0.0240. The summed E-state index contributed by atoms with van der Waals surface area (Å²) in [7, 11) is 0. The third-order valence-electron chi connectivity index (χ3n) is 3.81. The molecular formula is C16H21FN2O2. The summed E-state index contributed by atoms with van der Waals surface area (Å²) >= 11 is 0. The normalized spacial score (nSPS) is 18.7. The molecule has 1 heterocycles. The Kier molecular flexibility index (Phi) is 4.94. The third kappa shape index (κ3) is 4.03. The van der Waals surface area contributed by atoms with Crippen molar-refractivity contribution in [1.29, 1.82) is 0 Å². The number of amides is 1. The van der Waals surface area contributed by atoms with Crippen molar-refractivity contribution in [3.05, 3.63) is 30.1 Å². The molecule has 4 nitrogen and oxygen atoms in total. The Balaban J connectivity index is 1.96. The van der Waals surface area contributed by atoms with E-state index < -0.39 is 0 Å². The Bertz CT molecular complexity index is 533. The van der Waals surface area contributed by atoms with Crippen LogP contribution in [0.3, 0.4) is 0 Å². The largest absolute Gasteiger partial charge is 0.365 e. The number of hydrogen-bond acceptors (Lipinski definition) is 3. The number of nitrogens with zero attached hydrogens (tertiary/aromatic N) is 2. The number of anilines is 1. The van der Waals surface area contributed by atoms with E-state index in [1.54, 1.807) is 11.0 Å². The monoisotopic (exact) mass is 292 g/mol. The Labute approximate surface area is 124 Å². The number of ketones is 1. The first kappa shape index (κ1) is 15.5. The molecule has 0 saturated carbocycles. The zero-order chi connectivity index (χ0) is 15.4. The molecule has 0 radical (unpaired) electrons. The first-order valence-corrected chi connectivity index (χ1v) is 7.27. The second kappa shape index (κ2) is 6.70. The van der Waals surface area contributed by atoms with Crippen LogP contribution in [0.1, 0.15) is 26.7 Å². The topological polar surface area (TPSA) is 40.6 Å². The molecule has 1 aromatic rings. The van der Waals surface area contributed by atoms with Gasteiger partial charge in [-0.05, 0) is 32.0 Å². The molecule has 0 bridgehead atoms. The van der Waals surface area contributed by atoms with Crippen LogP contribution >= 0.6 is 0 Å². The van der Waals surface area contributed by atoms with Gasteiger partial charge in [-0.15, -0.1) is 0 Å². The number of carbonyl (C=O) groups excluding carboxylic acids is 2. The van der Waals surface area contributed by atoms with Crippen LogP contribution in [0.25, 0.3) is 0 Å². The zero-order valence-electron chi connectivity index (χ0n) is 12.5. The highest BCUT2D eigenvalue weighted by molar-refractivity contribution is 5.83. The first-order valence-electron chi connectivity index (χ1n) is 7.27. The SMILES string of the molecule is CC(=O)CCC(=O)N1CCN(c2cccc(F)c2)[C@@H](C)C1. The minimum Gasteiger partial charge on any atom is -0.365 e. The fourth-order valence-electron chi connectivity index (χ4n) is 2.66. The molecule has 5 heteroatoms. The van der Waals surface area contributed by atoms with Gasteiger partial charge in [0.05, 0.1) is 0 Å². The maximum atomic E-state index is 13.3. The molecule has 0 N–H and O–H groups in total. The Hall–Kier alpha value is -1.91. The molecule has 2 rings (SSSR count). The highest BCUT2D eigenvalue weighted by Gasteiger charge is 2.26. The number of benzene rings is 1. The lowest BCUT2D eigenvalue weighted by molar-refractivity contribution is -0.133. The number of halogens is 1. The van der Waals surface area contributed by atoms with E-state index in [9.17, 15) is 14.0 Å². The van der Waals surface area contributed by atoms with Crippen molar-refractivity contribution in [2.75, 3.05) is 24.5 Å². The molecule has 1 atom stereocenters. The van der Waals surface area contributed by atoms with Crippen molar-refractivity contribution in [1.82, 2.24) is 4.90 Å². The van der Waals surface area contributed by atoms with Crippen molar-refractivity contribution < 1.29 is 14.0 Å². The first-order chi connectivity index (χ1) is 9.97. The van der Waals surface area contributed by atoms with Gasteiger partial charge in [0.25, 0.3) is 0 Å². The van der Waals surface area contributed by atoms with E-state index in [0.717, 1.165) is 5.69 Å². The Morgan fingerprint density at radius 2 is 2.05 bits per heavy atom. The second-order valence-corrected chi connectivity index (χ2v) is 5.56. The predicted octanol–water partition coefficient (Wildman–Crippen LogP) is 2.23. The van der Waals surface area contributed by atoms with Crippen LogP contribution in [0.5, 0.6) is 0 Å². The molecule has 1 aliphatic heterocycles. The molecule has 1 saturated heterocycles. The summed E-state index contributed by atoms with van der Waals surface area (Å²) in [6, 6.07) is 6.65. The summed E-state index contributed by atoms with van der Waals surface area (Å²) in [4.78, 5) is 26.9. The number of piperazine rings is 1. The van der Waals surface area contributed by atoms with Crippen LogP contribution < -0.4 is 4.90 Å². The molecule has 1 aromatic carbocycles. The molecule has 1 fully saturated rings. The lowest BCUT2D eigenvalue weighted by atomic mass is 10.1. The third-order valence-corrected chi connectivity index (χ3v) is 3.81. The summed E-state index contributed by atoms with van der Waals surface area (Å²) in [5, 5.41) is 0. The van der Waals surface area contributed by atoms with Crippen LogP contribution in [0.4, 0.5) is 10.1 Å². The van der Waals surface area contributed by atoms with Crippen molar-refractivity contribution in [2.45, 2.75) is 32.7 Å². The van der Waals surface area contributed by atoms with Gasteiger partial charge in [0.1, 0.15) is 11.6 Å². The van der Waals surface area contributed by atoms with Gasteiger partial charge in [-0.25, -0.2) is 4.39 Å². The number of Topliss-reactive ketones (excluding diaryl/α,β-unsaturated/α-hetero) is 1. The van der Waals surface area contributed by atoms with Crippen LogP contribution in [0.2, 0.25) is 0 Å². The minimum atomic E-state index is -0.250. The molecule has 114 valence electrons. The summed E-state index contributed by atoms with van der Waals surface area (Å²) in [6.07, 6.45) is 0.583. The molecule has 0 unspecified atom stereocenters. The number of hydrogen-bond donors (Lipinski definition) is 0. The number of rotatable bonds is 4. The molecule has 1 amide bonds. The fourth-order valence-corrected chi connectivity index (χ4v) is 2.66. The molecule has 0 spiro atoms. The molecule has 21 heavy (non-hydrogen) atoms. The summed E-state index contributed by atoms with van der Waals surface area (Å²) in [6.45, 7) is 5.41. The standard InChI is InChI=1S/C16H21FN2O2/c1-12-11-18(16(21)7-6-13(2)20)8-9-19(12)15-5-3-4-14(17)10-15/h3-5,10,12H,6-9,11H2,1-2H3/t12-/m0/s1. The van der Waals surface area contributed by atoms with Crippen molar-refractivity contribution in [3.8, 4) is 0 Å². The lowest BCUT2D eigenvalue weighted by Gasteiger charge is -2.41. The molecular weight excluding hydrogens is 271 g/mol. The van der Waals surface area contributed by atoms with Crippen LogP contribution in [0, 0.1) is 5.82 Å². The van der Waals surface area contributed by atoms with Crippen LogP contribution in [-0.2, 0) is 9.59 Å². The van der Waals surface area contributed by atoms with Gasteiger partial charge in [0.15, 0.2) is 0 Å². The van der Waals surface area contributed by atoms with E-state index in [1.165, 1.54) is 19.1 Å². The van der Waals surface area contributed by atoms with Gasteiger partial charge in [0.2, 0.25) is 5.91 Å². The van der Waals surface area contributed by atoms with E-state index in [-0.39, 0.29) is 30.0 Å². The van der Waals surface area contributed by atoms with Gasteiger partial charge < -0.3 is 14.6 Å². The highest BCUT2D eigenvalue weighted by Crippen LogP contribution is 2.21. The fraction of sp³-hybridized carbons (Fsp3) is 0.500.